The number of hydrogen-bond acceptors (Lipinski definition) is 5. The van der Waals surface area contributed by atoms with Gasteiger partial charge in [0.05, 0.1) is 19.3 Å². The van der Waals surface area contributed by atoms with Crippen LogP contribution < -0.4 is 10.6 Å². The van der Waals surface area contributed by atoms with Crippen LogP contribution in [0, 0.1) is 0 Å². The first-order valence-electron chi connectivity index (χ1n) is 9.91. The lowest BCUT2D eigenvalue weighted by Gasteiger charge is -2.27. The third-order valence-corrected chi connectivity index (χ3v) is 5.13. The normalized spacial score (nSPS) is 15.9. The zero-order chi connectivity index (χ0) is 20.1. The van der Waals surface area contributed by atoms with E-state index >= 15 is 0 Å². The molecule has 4 rings (SSSR count). The van der Waals surface area contributed by atoms with Crippen LogP contribution in [-0.4, -0.2) is 51.8 Å². The van der Waals surface area contributed by atoms with Crippen molar-refractivity contribution in [3.63, 3.8) is 0 Å². The van der Waals surface area contributed by atoms with Crippen LogP contribution in [0.4, 0.5) is 4.79 Å². The van der Waals surface area contributed by atoms with E-state index in [2.05, 4.69) is 37.9 Å². The topological polar surface area (TPSA) is 83.8 Å². The fourth-order valence-electron chi connectivity index (χ4n) is 3.53. The number of pyridine rings is 1. The fourth-order valence-corrected chi connectivity index (χ4v) is 3.53. The molecule has 1 saturated heterocycles. The van der Waals surface area contributed by atoms with Crippen molar-refractivity contribution in [3.05, 3.63) is 65.6 Å². The smallest absolute Gasteiger partial charge is 0.315 e. The molecule has 0 aliphatic carbocycles. The van der Waals surface area contributed by atoms with Crippen molar-refractivity contribution >= 4 is 11.7 Å². The predicted octanol–water partition coefficient (Wildman–Crippen LogP) is 2.12. The summed E-state index contributed by atoms with van der Waals surface area (Å²) in [6, 6.07) is 13.4. The van der Waals surface area contributed by atoms with Gasteiger partial charge in [0.2, 0.25) is 0 Å². The molecule has 2 N–H and O–H groups in total. The summed E-state index contributed by atoms with van der Waals surface area (Å²) in [5, 5.41) is 14.2. The van der Waals surface area contributed by atoms with Gasteiger partial charge in [0.15, 0.2) is 11.5 Å². The van der Waals surface area contributed by atoms with E-state index in [9.17, 15) is 4.79 Å². The van der Waals surface area contributed by atoms with Crippen molar-refractivity contribution in [1.82, 2.24) is 30.1 Å². The van der Waals surface area contributed by atoms with Gasteiger partial charge in [-0.3, -0.25) is 9.30 Å². The Morgan fingerprint density at radius 3 is 2.69 bits per heavy atom. The Kier molecular flexibility index (Phi) is 6.02. The van der Waals surface area contributed by atoms with Crippen molar-refractivity contribution in [3.8, 4) is 0 Å². The van der Waals surface area contributed by atoms with Crippen molar-refractivity contribution in [2.45, 2.75) is 26.1 Å². The zero-order valence-electron chi connectivity index (χ0n) is 16.5. The summed E-state index contributed by atoms with van der Waals surface area (Å²) in [5.74, 6) is 0.698. The molecule has 1 fully saturated rings. The van der Waals surface area contributed by atoms with Crippen molar-refractivity contribution in [2.24, 2.45) is 0 Å². The second-order valence-corrected chi connectivity index (χ2v) is 7.19. The molecule has 0 radical (unpaired) electrons. The number of benzene rings is 1. The van der Waals surface area contributed by atoms with E-state index in [1.807, 2.05) is 47.9 Å². The largest absolute Gasteiger partial charge is 0.379 e. The molecule has 8 nitrogen and oxygen atoms in total. The molecule has 1 aliphatic rings. The third-order valence-electron chi connectivity index (χ3n) is 5.13. The number of rotatable bonds is 6. The van der Waals surface area contributed by atoms with Crippen LogP contribution in [0.3, 0.4) is 0 Å². The van der Waals surface area contributed by atoms with E-state index < -0.39 is 0 Å². The zero-order valence-corrected chi connectivity index (χ0v) is 16.5. The number of hydrogen-bond donors (Lipinski definition) is 2. The molecule has 3 aromatic rings. The number of nitrogens with zero attached hydrogens (tertiary/aromatic N) is 4. The number of urea groups is 1. The maximum absolute atomic E-state index is 12.5. The van der Waals surface area contributed by atoms with Crippen LogP contribution in [-0.2, 0) is 17.8 Å². The summed E-state index contributed by atoms with van der Waals surface area (Å²) < 4.78 is 7.30. The number of nitrogens with one attached hydrogen (secondary N) is 2. The maximum atomic E-state index is 12.5. The first-order chi connectivity index (χ1) is 14.2. The van der Waals surface area contributed by atoms with Gasteiger partial charge in [0, 0.05) is 32.4 Å². The van der Waals surface area contributed by atoms with Crippen molar-refractivity contribution in [2.75, 3.05) is 26.3 Å². The Labute approximate surface area is 169 Å². The molecular weight excluding hydrogens is 368 g/mol. The predicted molar refractivity (Wildman–Crippen MR) is 109 cm³/mol. The monoisotopic (exact) mass is 394 g/mol. The van der Waals surface area contributed by atoms with E-state index in [4.69, 9.17) is 4.74 Å². The number of ether oxygens (including phenoxy) is 1. The maximum Gasteiger partial charge on any atom is 0.315 e. The second kappa shape index (κ2) is 9.02. The summed E-state index contributed by atoms with van der Waals surface area (Å²) >= 11 is 0. The minimum atomic E-state index is -0.268. The number of aromatic nitrogens is 3. The van der Waals surface area contributed by atoms with E-state index in [0.717, 1.165) is 44.1 Å². The van der Waals surface area contributed by atoms with Gasteiger partial charge < -0.3 is 15.4 Å². The fraction of sp³-hybridized carbons (Fsp3) is 0.381. The average Bonchev–Trinajstić information content (AvgIpc) is 3.18. The van der Waals surface area contributed by atoms with Gasteiger partial charge in [-0.1, -0.05) is 30.3 Å². The van der Waals surface area contributed by atoms with Gasteiger partial charge in [-0.2, -0.15) is 0 Å². The molecule has 8 heteroatoms. The number of amides is 2. The summed E-state index contributed by atoms with van der Waals surface area (Å²) in [4.78, 5) is 14.8. The molecule has 29 heavy (non-hydrogen) atoms. The Hall–Kier alpha value is -2.97. The highest BCUT2D eigenvalue weighted by molar-refractivity contribution is 5.74. The first kappa shape index (κ1) is 19.4. The molecule has 3 heterocycles. The van der Waals surface area contributed by atoms with Gasteiger partial charge in [0.1, 0.15) is 0 Å². The molecule has 2 amide bonds. The Morgan fingerprint density at radius 1 is 1.10 bits per heavy atom. The molecule has 1 atom stereocenters. The third kappa shape index (κ3) is 4.72. The molecule has 1 aliphatic heterocycles. The molecule has 1 unspecified atom stereocenters. The lowest BCUT2D eigenvalue weighted by Crippen LogP contribution is -2.38. The van der Waals surface area contributed by atoms with Gasteiger partial charge in [0.25, 0.3) is 0 Å². The Morgan fingerprint density at radius 2 is 1.86 bits per heavy atom. The van der Waals surface area contributed by atoms with Gasteiger partial charge in [-0.15, -0.1) is 10.2 Å². The van der Waals surface area contributed by atoms with Crippen LogP contribution >= 0.6 is 0 Å². The van der Waals surface area contributed by atoms with Crippen LogP contribution in [0.15, 0.2) is 48.7 Å². The number of carbonyl (C=O) groups excluding carboxylic acids is 1. The molecule has 1 aromatic carbocycles. The molecule has 2 aromatic heterocycles. The lowest BCUT2D eigenvalue weighted by atomic mass is 10.1. The van der Waals surface area contributed by atoms with Crippen molar-refractivity contribution < 1.29 is 9.53 Å². The minimum Gasteiger partial charge on any atom is -0.379 e. The Balaban J connectivity index is 1.35. The highest BCUT2D eigenvalue weighted by Gasteiger charge is 2.16. The second-order valence-electron chi connectivity index (χ2n) is 7.19. The number of carbonyl (C=O) groups is 1. The Bertz CT molecular complexity index is 966. The summed E-state index contributed by atoms with van der Waals surface area (Å²) in [7, 11) is 0. The van der Waals surface area contributed by atoms with Gasteiger partial charge in [-0.05, 0) is 30.2 Å². The van der Waals surface area contributed by atoms with E-state index in [1.54, 1.807) is 0 Å². The lowest BCUT2D eigenvalue weighted by molar-refractivity contribution is 0.0341. The van der Waals surface area contributed by atoms with E-state index in [0.29, 0.717) is 12.4 Å². The van der Waals surface area contributed by atoms with E-state index in [-0.39, 0.29) is 12.1 Å². The summed E-state index contributed by atoms with van der Waals surface area (Å²) in [6.45, 7) is 6.66. The number of morpholine rings is 1. The van der Waals surface area contributed by atoms with E-state index in [1.165, 1.54) is 5.56 Å². The summed E-state index contributed by atoms with van der Waals surface area (Å²) in [5.41, 5.74) is 3.11. The highest BCUT2D eigenvalue weighted by atomic mass is 16.5. The first-order valence-corrected chi connectivity index (χ1v) is 9.91. The molecule has 0 spiro atoms. The highest BCUT2D eigenvalue weighted by Crippen LogP contribution is 2.14. The SMILES string of the molecule is CC(NC(=O)NCc1ccccc1CN1CCOCC1)c1nnc2ccccn12. The quantitative estimate of drug-likeness (QED) is 0.669. The minimum absolute atomic E-state index is 0.230. The van der Waals surface area contributed by atoms with Crippen LogP contribution in [0.25, 0.3) is 5.65 Å². The standard InChI is InChI=1S/C21H26N6O2/c1-16(20-25-24-19-8-4-5-9-27(19)20)23-21(28)22-14-17-6-2-3-7-18(17)15-26-10-12-29-13-11-26/h2-9,16H,10-15H2,1H3,(H2,22,23,28). The van der Waals surface area contributed by atoms with Crippen molar-refractivity contribution in [1.29, 1.82) is 0 Å². The molecular formula is C21H26N6O2. The molecule has 0 saturated carbocycles. The molecule has 0 bridgehead atoms. The molecule has 152 valence electrons. The van der Waals surface area contributed by atoms with Crippen LogP contribution in [0.1, 0.15) is 29.9 Å². The average molecular weight is 394 g/mol. The van der Waals surface area contributed by atoms with Crippen LogP contribution in [0.5, 0.6) is 0 Å². The van der Waals surface area contributed by atoms with Gasteiger partial charge in [-0.25, -0.2) is 4.79 Å². The van der Waals surface area contributed by atoms with Gasteiger partial charge >= 0.3 is 6.03 Å². The summed E-state index contributed by atoms with van der Waals surface area (Å²) in [6.07, 6.45) is 1.89. The van der Waals surface area contributed by atoms with Crippen LogP contribution in [0.2, 0.25) is 0 Å². The number of fused-ring (bicyclic) bond motifs is 1.